The van der Waals surface area contributed by atoms with Gasteiger partial charge in [-0.05, 0) is 29.9 Å². The summed E-state index contributed by atoms with van der Waals surface area (Å²) in [6.45, 7) is 3.36. The van der Waals surface area contributed by atoms with Gasteiger partial charge in [0.2, 0.25) is 17.6 Å². The van der Waals surface area contributed by atoms with Crippen LogP contribution in [-0.4, -0.2) is 27.5 Å². The normalized spacial score (nSPS) is 17.6. The molecule has 6 heteroatoms. The van der Waals surface area contributed by atoms with Crippen molar-refractivity contribution in [2.45, 2.75) is 25.8 Å². The van der Waals surface area contributed by atoms with E-state index in [0.29, 0.717) is 24.8 Å². The number of carbonyl (C=O) groups is 1. The Morgan fingerprint density at radius 3 is 2.88 bits per heavy atom. The lowest BCUT2D eigenvalue weighted by molar-refractivity contribution is -0.129. The molecule has 2 aromatic heterocycles. The molecule has 4 rings (SSSR count). The number of rotatable bonds is 4. The van der Waals surface area contributed by atoms with Crippen LogP contribution in [0.1, 0.15) is 29.4 Å². The van der Waals surface area contributed by atoms with Crippen LogP contribution in [0.5, 0.6) is 0 Å². The van der Waals surface area contributed by atoms with Gasteiger partial charge in [0.15, 0.2) is 0 Å². The first-order valence-corrected chi connectivity index (χ1v) is 8.86. The number of benzene rings is 1. The Labute approximate surface area is 143 Å². The molecule has 122 valence electrons. The highest BCUT2D eigenvalue weighted by molar-refractivity contribution is 7.08. The lowest BCUT2D eigenvalue weighted by Crippen LogP contribution is -2.26. The van der Waals surface area contributed by atoms with Gasteiger partial charge in [0.25, 0.3) is 0 Å². The molecule has 24 heavy (non-hydrogen) atoms. The van der Waals surface area contributed by atoms with E-state index in [2.05, 4.69) is 10.1 Å². The van der Waals surface area contributed by atoms with Crippen LogP contribution in [0.25, 0.3) is 11.4 Å². The van der Waals surface area contributed by atoms with Gasteiger partial charge in [0.1, 0.15) is 5.92 Å². The minimum absolute atomic E-state index is 0.0658. The van der Waals surface area contributed by atoms with E-state index in [1.165, 1.54) is 0 Å². The van der Waals surface area contributed by atoms with Crippen molar-refractivity contribution in [2.75, 3.05) is 6.54 Å². The first-order valence-electron chi connectivity index (χ1n) is 7.92. The van der Waals surface area contributed by atoms with Crippen LogP contribution in [-0.2, 0) is 11.3 Å². The van der Waals surface area contributed by atoms with Crippen molar-refractivity contribution in [1.29, 1.82) is 0 Å². The Balaban J connectivity index is 1.51. The third kappa shape index (κ3) is 2.73. The highest BCUT2D eigenvalue weighted by atomic mass is 32.1. The Morgan fingerprint density at radius 2 is 2.12 bits per heavy atom. The van der Waals surface area contributed by atoms with Gasteiger partial charge in [-0.1, -0.05) is 35.5 Å². The Bertz CT molecular complexity index is 856. The molecule has 0 aliphatic carbocycles. The van der Waals surface area contributed by atoms with E-state index < -0.39 is 0 Å². The molecule has 1 fully saturated rings. The molecule has 1 unspecified atom stereocenters. The summed E-state index contributed by atoms with van der Waals surface area (Å²) in [5.74, 6) is 0.735. The van der Waals surface area contributed by atoms with Crippen molar-refractivity contribution in [1.82, 2.24) is 15.0 Å². The molecule has 1 aliphatic heterocycles. The number of nitrogens with zero attached hydrogens (tertiary/aromatic N) is 3. The van der Waals surface area contributed by atoms with Gasteiger partial charge in [-0.3, -0.25) is 4.79 Å². The standard InChI is InChI=1S/C18H17N3O2S/c1-12-10-24-11-15(12)16-19-17(23-20-16)14-7-8-21(18(14)22)9-13-5-3-2-4-6-13/h2-6,10-11,14H,7-9H2,1H3. The minimum atomic E-state index is -0.325. The molecular formula is C18H17N3O2S. The van der Waals surface area contributed by atoms with E-state index in [-0.39, 0.29) is 11.8 Å². The van der Waals surface area contributed by atoms with Gasteiger partial charge in [-0.25, -0.2) is 0 Å². The molecular weight excluding hydrogens is 322 g/mol. The number of thiophene rings is 1. The van der Waals surface area contributed by atoms with Crippen LogP contribution in [0.15, 0.2) is 45.6 Å². The summed E-state index contributed by atoms with van der Waals surface area (Å²) in [5, 5.41) is 8.11. The molecule has 1 saturated heterocycles. The molecule has 3 aromatic rings. The summed E-state index contributed by atoms with van der Waals surface area (Å²) in [6, 6.07) is 10.0. The number of aryl methyl sites for hydroxylation is 1. The number of aromatic nitrogens is 2. The lowest BCUT2D eigenvalue weighted by Gasteiger charge is -2.15. The van der Waals surface area contributed by atoms with Gasteiger partial charge in [0.05, 0.1) is 0 Å². The van der Waals surface area contributed by atoms with E-state index in [9.17, 15) is 4.79 Å². The van der Waals surface area contributed by atoms with Gasteiger partial charge >= 0.3 is 0 Å². The van der Waals surface area contributed by atoms with E-state index in [4.69, 9.17) is 4.52 Å². The molecule has 0 N–H and O–H groups in total. The monoisotopic (exact) mass is 339 g/mol. The van der Waals surface area contributed by atoms with Crippen molar-refractivity contribution in [3.05, 3.63) is 58.1 Å². The van der Waals surface area contributed by atoms with Crippen molar-refractivity contribution in [3.8, 4) is 11.4 Å². The molecule has 0 saturated carbocycles. The maximum absolute atomic E-state index is 12.7. The van der Waals surface area contributed by atoms with Gasteiger partial charge in [0, 0.05) is 24.0 Å². The zero-order valence-electron chi connectivity index (χ0n) is 13.3. The molecule has 1 amide bonds. The topological polar surface area (TPSA) is 59.2 Å². The molecule has 0 bridgehead atoms. The number of hydrogen-bond donors (Lipinski definition) is 0. The first kappa shape index (κ1) is 15.1. The molecule has 3 heterocycles. The Hall–Kier alpha value is -2.47. The average molecular weight is 339 g/mol. The molecule has 5 nitrogen and oxygen atoms in total. The largest absolute Gasteiger partial charge is 0.338 e. The second kappa shape index (κ2) is 6.20. The third-order valence-corrected chi connectivity index (χ3v) is 5.21. The predicted molar refractivity (Wildman–Crippen MR) is 91.6 cm³/mol. The minimum Gasteiger partial charge on any atom is -0.338 e. The highest BCUT2D eigenvalue weighted by Crippen LogP contribution is 2.31. The summed E-state index contributed by atoms with van der Waals surface area (Å²) in [5.41, 5.74) is 3.23. The number of likely N-dealkylation sites (tertiary alicyclic amines) is 1. The van der Waals surface area contributed by atoms with E-state index in [1.54, 1.807) is 11.3 Å². The zero-order chi connectivity index (χ0) is 16.5. The maximum Gasteiger partial charge on any atom is 0.239 e. The van der Waals surface area contributed by atoms with Crippen LogP contribution >= 0.6 is 11.3 Å². The fourth-order valence-corrected chi connectivity index (χ4v) is 3.83. The van der Waals surface area contributed by atoms with Gasteiger partial charge < -0.3 is 9.42 Å². The number of hydrogen-bond acceptors (Lipinski definition) is 5. The van der Waals surface area contributed by atoms with Crippen LogP contribution in [0.2, 0.25) is 0 Å². The van der Waals surface area contributed by atoms with Crippen molar-refractivity contribution in [2.24, 2.45) is 0 Å². The Kier molecular flexibility index (Phi) is 3.90. The van der Waals surface area contributed by atoms with Gasteiger partial charge in [-0.15, -0.1) is 0 Å². The smallest absolute Gasteiger partial charge is 0.239 e. The average Bonchev–Trinajstić information content (AvgIpc) is 3.30. The summed E-state index contributed by atoms with van der Waals surface area (Å²) < 4.78 is 5.39. The van der Waals surface area contributed by atoms with Crippen molar-refractivity contribution < 1.29 is 9.32 Å². The SMILES string of the molecule is Cc1cscc1-c1noc(C2CCN(Cc3ccccc3)C2=O)n1. The summed E-state index contributed by atoms with van der Waals surface area (Å²) in [7, 11) is 0. The van der Waals surface area contributed by atoms with Crippen LogP contribution in [0.4, 0.5) is 0 Å². The fourth-order valence-electron chi connectivity index (χ4n) is 3.00. The third-order valence-electron chi connectivity index (χ3n) is 4.35. The second-order valence-electron chi connectivity index (χ2n) is 6.01. The van der Waals surface area contributed by atoms with Crippen LogP contribution < -0.4 is 0 Å². The van der Waals surface area contributed by atoms with E-state index in [0.717, 1.165) is 23.1 Å². The molecule has 0 radical (unpaired) electrons. The van der Waals surface area contributed by atoms with Crippen LogP contribution in [0, 0.1) is 6.92 Å². The van der Waals surface area contributed by atoms with E-state index >= 15 is 0 Å². The first-order chi connectivity index (χ1) is 11.7. The quantitative estimate of drug-likeness (QED) is 0.728. The molecule has 1 atom stereocenters. The summed E-state index contributed by atoms with van der Waals surface area (Å²) in [4.78, 5) is 19.0. The highest BCUT2D eigenvalue weighted by Gasteiger charge is 2.36. The van der Waals surface area contributed by atoms with Crippen molar-refractivity contribution >= 4 is 17.2 Å². The number of amides is 1. The summed E-state index contributed by atoms with van der Waals surface area (Å²) in [6.07, 6.45) is 0.718. The van der Waals surface area contributed by atoms with Crippen LogP contribution in [0.3, 0.4) is 0 Å². The fraction of sp³-hybridized carbons (Fsp3) is 0.278. The predicted octanol–water partition coefficient (Wildman–Crippen LogP) is 3.62. The molecule has 0 spiro atoms. The van der Waals surface area contributed by atoms with E-state index in [1.807, 2.05) is 52.9 Å². The lowest BCUT2D eigenvalue weighted by atomic mass is 10.1. The number of carbonyl (C=O) groups excluding carboxylic acids is 1. The van der Waals surface area contributed by atoms with Gasteiger partial charge in [-0.2, -0.15) is 16.3 Å². The Morgan fingerprint density at radius 1 is 1.29 bits per heavy atom. The maximum atomic E-state index is 12.7. The summed E-state index contributed by atoms with van der Waals surface area (Å²) >= 11 is 1.61. The molecule has 1 aromatic carbocycles. The van der Waals surface area contributed by atoms with Crippen molar-refractivity contribution in [3.63, 3.8) is 0 Å². The second-order valence-corrected chi connectivity index (χ2v) is 6.75. The molecule has 1 aliphatic rings. The zero-order valence-corrected chi connectivity index (χ0v) is 14.1.